The number of hydrogen-bond acceptors (Lipinski definition) is 6. The fourth-order valence-corrected chi connectivity index (χ4v) is 3.48. The van der Waals surface area contributed by atoms with Gasteiger partial charge in [0, 0.05) is 18.5 Å². The summed E-state index contributed by atoms with van der Waals surface area (Å²) in [5, 5.41) is 16.2. The minimum atomic E-state index is -0.848. The van der Waals surface area contributed by atoms with Crippen LogP contribution in [0.4, 0.5) is 0 Å². The van der Waals surface area contributed by atoms with Crippen LogP contribution in [0.3, 0.4) is 0 Å². The molecule has 2 aromatic rings. The van der Waals surface area contributed by atoms with E-state index in [1.165, 1.54) is 0 Å². The Morgan fingerprint density at radius 1 is 1.25 bits per heavy atom. The van der Waals surface area contributed by atoms with Crippen LogP contribution in [-0.4, -0.2) is 33.2 Å². The van der Waals surface area contributed by atoms with E-state index in [1.807, 2.05) is 0 Å². The lowest BCUT2D eigenvalue weighted by Gasteiger charge is -2.27. The Bertz CT molecular complexity index is 820. The van der Waals surface area contributed by atoms with Crippen LogP contribution in [0.2, 0.25) is 0 Å². The minimum absolute atomic E-state index is 0.131. The van der Waals surface area contributed by atoms with Gasteiger partial charge >= 0.3 is 5.97 Å². The minimum Gasteiger partial charge on any atom is -0.485 e. The van der Waals surface area contributed by atoms with Crippen LogP contribution >= 0.6 is 0 Å². The molecule has 1 aliphatic carbocycles. The smallest absolute Gasteiger partial charge is 0.308 e. The molecule has 2 N–H and O–H groups in total. The number of aromatic nitrogens is 2. The molecule has 0 bridgehead atoms. The number of carboxylic acid groups (broad SMARTS) is 1. The molecule has 0 saturated heterocycles. The predicted octanol–water partition coefficient (Wildman–Crippen LogP) is 3.11. The van der Waals surface area contributed by atoms with Crippen LogP contribution in [-0.2, 0) is 11.4 Å². The van der Waals surface area contributed by atoms with Crippen LogP contribution in [0.25, 0.3) is 0 Å². The van der Waals surface area contributed by atoms with Gasteiger partial charge in [0.05, 0.1) is 5.92 Å². The maximum absolute atomic E-state index is 12.7. The first-order valence-corrected chi connectivity index (χ1v) is 9.58. The lowest BCUT2D eigenvalue weighted by molar-refractivity contribution is -0.143. The summed E-state index contributed by atoms with van der Waals surface area (Å²) >= 11 is 0. The number of rotatable bonds is 6. The summed E-state index contributed by atoms with van der Waals surface area (Å²) in [6, 6.07) is 6.40. The normalized spacial score (nSPS) is 20.0. The first-order chi connectivity index (χ1) is 13.5. The number of carbonyl (C=O) groups excluding carboxylic acids is 1. The molecule has 0 aliphatic heterocycles. The van der Waals surface area contributed by atoms with Crippen molar-refractivity contribution < 1.29 is 24.0 Å². The van der Waals surface area contributed by atoms with Crippen molar-refractivity contribution in [2.45, 2.75) is 58.1 Å². The number of aryl methyl sites for hydroxylation is 1. The average Bonchev–Trinajstić information content (AvgIpc) is 3.07. The van der Waals surface area contributed by atoms with Crippen LogP contribution in [0.1, 0.15) is 60.6 Å². The topological polar surface area (TPSA) is 115 Å². The second-order valence-electron chi connectivity index (χ2n) is 7.06. The molecule has 28 heavy (non-hydrogen) atoms. The Labute approximate surface area is 163 Å². The second-order valence-corrected chi connectivity index (χ2v) is 7.06. The largest absolute Gasteiger partial charge is 0.485 e. The highest BCUT2D eigenvalue weighted by Gasteiger charge is 2.30. The van der Waals surface area contributed by atoms with Gasteiger partial charge in [0.2, 0.25) is 11.7 Å². The Hall–Kier alpha value is -2.90. The predicted molar refractivity (Wildman–Crippen MR) is 99.9 cm³/mol. The number of benzene rings is 1. The van der Waals surface area contributed by atoms with Crippen molar-refractivity contribution in [3.63, 3.8) is 0 Å². The van der Waals surface area contributed by atoms with Gasteiger partial charge in [-0.2, -0.15) is 4.98 Å². The summed E-state index contributed by atoms with van der Waals surface area (Å²) in [6.07, 6.45) is 5.18. The number of carbonyl (C=O) groups is 2. The fourth-order valence-electron chi connectivity index (χ4n) is 3.48. The van der Waals surface area contributed by atoms with Crippen LogP contribution in [0, 0.1) is 12.8 Å². The van der Waals surface area contributed by atoms with Crippen molar-refractivity contribution in [3.8, 4) is 5.75 Å². The molecule has 2 unspecified atom stereocenters. The molecule has 1 saturated carbocycles. The van der Waals surface area contributed by atoms with Gasteiger partial charge in [0.15, 0.2) is 6.61 Å². The van der Waals surface area contributed by atoms with Crippen molar-refractivity contribution in [2.24, 2.45) is 5.92 Å². The molecule has 0 radical (unpaired) electrons. The van der Waals surface area contributed by atoms with E-state index in [2.05, 4.69) is 15.5 Å². The highest BCUT2D eigenvalue weighted by Crippen LogP contribution is 2.24. The standard InChI is InChI=1S/C20H25N3O5/c1-13-21-18(23-28-13)12-27-15-8-6-7-14(11-15)19(24)22-17-10-5-3-2-4-9-16(17)20(25)26/h6-8,11,16-17H,2-5,9-10,12H2,1H3,(H,22,24)(H,25,26). The summed E-state index contributed by atoms with van der Waals surface area (Å²) in [6.45, 7) is 1.83. The van der Waals surface area contributed by atoms with Gasteiger partial charge in [-0.05, 0) is 31.0 Å². The number of carboxylic acids is 1. The summed E-state index contributed by atoms with van der Waals surface area (Å²) in [5.74, 6) is -0.310. The van der Waals surface area contributed by atoms with Crippen molar-refractivity contribution in [1.29, 1.82) is 0 Å². The molecule has 2 atom stereocenters. The third kappa shape index (κ3) is 5.31. The molecular weight excluding hydrogens is 362 g/mol. The third-order valence-electron chi connectivity index (χ3n) is 4.93. The van der Waals surface area contributed by atoms with Gasteiger partial charge in [-0.3, -0.25) is 9.59 Å². The van der Waals surface area contributed by atoms with E-state index in [4.69, 9.17) is 9.26 Å². The summed E-state index contributed by atoms with van der Waals surface area (Å²) in [4.78, 5) is 28.4. The Morgan fingerprint density at radius 2 is 2.04 bits per heavy atom. The summed E-state index contributed by atoms with van der Waals surface area (Å²) < 4.78 is 10.5. The van der Waals surface area contributed by atoms with E-state index in [-0.39, 0.29) is 18.6 Å². The first kappa shape index (κ1) is 19.9. The number of nitrogens with one attached hydrogen (secondary N) is 1. The Morgan fingerprint density at radius 3 is 2.75 bits per heavy atom. The van der Waals surface area contributed by atoms with Gasteiger partial charge in [-0.25, -0.2) is 0 Å². The zero-order valence-electron chi connectivity index (χ0n) is 15.9. The van der Waals surface area contributed by atoms with E-state index in [0.717, 1.165) is 25.7 Å². The van der Waals surface area contributed by atoms with Gasteiger partial charge < -0.3 is 19.7 Å². The van der Waals surface area contributed by atoms with E-state index in [9.17, 15) is 14.7 Å². The van der Waals surface area contributed by atoms with Crippen LogP contribution in [0.5, 0.6) is 5.75 Å². The molecule has 1 fully saturated rings. The molecule has 150 valence electrons. The van der Waals surface area contributed by atoms with E-state index in [0.29, 0.717) is 35.9 Å². The molecule has 3 rings (SSSR count). The molecule has 0 spiro atoms. The summed E-state index contributed by atoms with van der Waals surface area (Å²) in [5.41, 5.74) is 0.424. The SMILES string of the molecule is Cc1nc(COc2cccc(C(=O)NC3CCCCCCC3C(=O)O)c2)no1. The number of ether oxygens (including phenoxy) is 1. The Kier molecular flexibility index (Phi) is 6.62. The maximum atomic E-state index is 12.7. The molecule has 8 nitrogen and oxygen atoms in total. The molecule has 1 heterocycles. The lowest BCUT2D eigenvalue weighted by Crippen LogP contribution is -2.43. The Balaban J connectivity index is 1.64. The average molecular weight is 387 g/mol. The van der Waals surface area contributed by atoms with Gasteiger partial charge in [-0.1, -0.05) is 36.9 Å². The molecule has 1 aromatic carbocycles. The fraction of sp³-hybridized carbons (Fsp3) is 0.500. The van der Waals surface area contributed by atoms with Gasteiger partial charge in [0.1, 0.15) is 5.75 Å². The quantitative estimate of drug-likeness (QED) is 0.782. The van der Waals surface area contributed by atoms with E-state index >= 15 is 0 Å². The molecular formula is C20H25N3O5. The van der Waals surface area contributed by atoms with Gasteiger partial charge in [0.25, 0.3) is 5.91 Å². The maximum Gasteiger partial charge on any atom is 0.308 e. The highest BCUT2D eigenvalue weighted by atomic mass is 16.5. The second kappa shape index (κ2) is 9.34. The zero-order valence-corrected chi connectivity index (χ0v) is 15.9. The monoisotopic (exact) mass is 387 g/mol. The van der Waals surface area contributed by atoms with E-state index in [1.54, 1.807) is 31.2 Å². The van der Waals surface area contributed by atoms with Gasteiger partial charge in [-0.15, -0.1) is 0 Å². The van der Waals surface area contributed by atoms with Crippen molar-refractivity contribution in [1.82, 2.24) is 15.5 Å². The van der Waals surface area contributed by atoms with Crippen LogP contribution in [0.15, 0.2) is 28.8 Å². The lowest BCUT2D eigenvalue weighted by atomic mass is 9.86. The number of nitrogens with zero attached hydrogens (tertiary/aromatic N) is 2. The van der Waals surface area contributed by atoms with Crippen molar-refractivity contribution >= 4 is 11.9 Å². The number of aliphatic carboxylic acids is 1. The number of hydrogen-bond donors (Lipinski definition) is 2. The summed E-state index contributed by atoms with van der Waals surface area (Å²) in [7, 11) is 0. The van der Waals surface area contributed by atoms with Crippen LogP contribution < -0.4 is 10.1 Å². The van der Waals surface area contributed by atoms with E-state index < -0.39 is 11.9 Å². The van der Waals surface area contributed by atoms with Crippen molar-refractivity contribution in [2.75, 3.05) is 0 Å². The third-order valence-corrected chi connectivity index (χ3v) is 4.93. The molecule has 1 aromatic heterocycles. The first-order valence-electron chi connectivity index (χ1n) is 9.58. The molecule has 1 aliphatic rings. The number of amides is 1. The molecule has 8 heteroatoms. The van der Waals surface area contributed by atoms with Crippen molar-refractivity contribution in [3.05, 3.63) is 41.5 Å². The molecule has 1 amide bonds. The highest BCUT2D eigenvalue weighted by molar-refractivity contribution is 5.95. The zero-order chi connectivity index (χ0) is 19.9.